The van der Waals surface area contributed by atoms with Gasteiger partial charge < -0.3 is 0 Å². The third-order valence-corrected chi connectivity index (χ3v) is 4.68. The standard InChI is InChI=1S/C11H11BrO2S/c12-11-4-2-1-3-10(11)9-5-7-15(13,14)8-6-9/h1-5H,6-8H2. The minimum Gasteiger partial charge on any atom is -0.229 e. The highest BCUT2D eigenvalue weighted by Gasteiger charge is 2.18. The molecule has 0 amide bonds. The molecular formula is C11H11BrO2S. The van der Waals surface area contributed by atoms with Crippen molar-refractivity contribution in [3.63, 3.8) is 0 Å². The normalized spacial score (nSPS) is 19.7. The van der Waals surface area contributed by atoms with Gasteiger partial charge in [0.1, 0.15) is 0 Å². The van der Waals surface area contributed by atoms with Crippen molar-refractivity contribution in [3.05, 3.63) is 40.4 Å². The lowest BCUT2D eigenvalue weighted by Crippen LogP contribution is -2.15. The summed E-state index contributed by atoms with van der Waals surface area (Å²) in [6.45, 7) is 0. The number of hydrogen-bond acceptors (Lipinski definition) is 2. The Balaban J connectivity index is 2.35. The van der Waals surface area contributed by atoms with Crippen LogP contribution < -0.4 is 0 Å². The summed E-state index contributed by atoms with van der Waals surface area (Å²) in [5, 5.41) is 0. The molecule has 0 aliphatic carbocycles. The zero-order chi connectivity index (χ0) is 10.9. The predicted molar refractivity (Wildman–Crippen MR) is 65.4 cm³/mol. The third kappa shape index (κ3) is 2.49. The van der Waals surface area contributed by atoms with Gasteiger partial charge in [0.15, 0.2) is 9.84 Å². The van der Waals surface area contributed by atoms with Crippen LogP contribution in [-0.4, -0.2) is 19.9 Å². The molecule has 0 N–H and O–H groups in total. The summed E-state index contributed by atoms with van der Waals surface area (Å²) in [4.78, 5) is 0. The number of halogens is 1. The van der Waals surface area contributed by atoms with Gasteiger partial charge in [0.2, 0.25) is 0 Å². The highest BCUT2D eigenvalue weighted by molar-refractivity contribution is 9.10. The molecule has 0 atom stereocenters. The highest BCUT2D eigenvalue weighted by Crippen LogP contribution is 2.29. The van der Waals surface area contributed by atoms with E-state index in [0.29, 0.717) is 6.42 Å². The number of benzene rings is 1. The zero-order valence-electron chi connectivity index (χ0n) is 8.11. The van der Waals surface area contributed by atoms with E-state index in [-0.39, 0.29) is 11.5 Å². The Labute approximate surface area is 98.1 Å². The maximum Gasteiger partial charge on any atom is 0.154 e. The van der Waals surface area contributed by atoms with Crippen LogP contribution in [0.3, 0.4) is 0 Å². The third-order valence-electron chi connectivity index (χ3n) is 2.49. The van der Waals surface area contributed by atoms with E-state index < -0.39 is 9.84 Å². The maximum absolute atomic E-state index is 11.3. The van der Waals surface area contributed by atoms with E-state index in [1.807, 2.05) is 30.3 Å². The number of sulfone groups is 1. The fraction of sp³-hybridized carbons (Fsp3) is 0.273. The van der Waals surface area contributed by atoms with Gasteiger partial charge in [-0.15, -0.1) is 0 Å². The molecule has 1 aromatic rings. The Morgan fingerprint density at radius 2 is 1.93 bits per heavy atom. The lowest BCUT2D eigenvalue weighted by Gasteiger charge is -2.14. The second-order valence-electron chi connectivity index (χ2n) is 3.57. The molecule has 1 aliphatic heterocycles. The highest BCUT2D eigenvalue weighted by atomic mass is 79.9. The van der Waals surface area contributed by atoms with Crippen LogP contribution in [0.25, 0.3) is 5.57 Å². The van der Waals surface area contributed by atoms with E-state index in [4.69, 9.17) is 0 Å². The molecule has 1 heterocycles. The smallest absolute Gasteiger partial charge is 0.154 e. The van der Waals surface area contributed by atoms with Crippen LogP contribution in [0.1, 0.15) is 12.0 Å². The Hall–Kier alpha value is -0.610. The molecule has 2 nitrogen and oxygen atoms in total. The van der Waals surface area contributed by atoms with E-state index >= 15 is 0 Å². The van der Waals surface area contributed by atoms with Crippen molar-refractivity contribution in [1.29, 1.82) is 0 Å². The summed E-state index contributed by atoms with van der Waals surface area (Å²) in [5.74, 6) is 0.434. The lowest BCUT2D eigenvalue weighted by molar-refractivity contribution is 0.597. The molecule has 0 saturated heterocycles. The molecule has 80 valence electrons. The predicted octanol–water partition coefficient (Wildman–Crippen LogP) is 2.65. The van der Waals surface area contributed by atoms with Crippen LogP contribution in [0.15, 0.2) is 34.8 Å². The fourth-order valence-corrected chi connectivity index (χ4v) is 3.34. The minimum absolute atomic E-state index is 0.170. The molecule has 0 radical (unpaired) electrons. The van der Waals surface area contributed by atoms with Gasteiger partial charge in [0.05, 0.1) is 11.5 Å². The summed E-state index contributed by atoms with van der Waals surface area (Å²) >= 11 is 3.47. The van der Waals surface area contributed by atoms with Crippen molar-refractivity contribution >= 4 is 31.3 Å². The number of hydrogen-bond donors (Lipinski definition) is 0. The summed E-state index contributed by atoms with van der Waals surface area (Å²) in [7, 11) is -2.83. The largest absolute Gasteiger partial charge is 0.229 e. The second kappa shape index (κ2) is 4.10. The number of allylic oxidation sites excluding steroid dienone is 1. The average Bonchev–Trinajstić information content (AvgIpc) is 2.19. The van der Waals surface area contributed by atoms with Crippen molar-refractivity contribution < 1.29 is 8.42 Å². The van der Waals surface area contributed by atoms with E-state index in [1.54, 1.807) is 0 Å². The van der Waals surface area contributed by atoms with Crippen molar-refractivity contribution in [2.24, 2.45) is 0 Å². The molecule has 0 bridgehead atoms. The van der Waals surface area contributed by atoms with Gasteiger partial charge in [-0.2, -0.15) is 0 Å². The molecule has 1 aliphatic rings. The maximum atomic E-state index is 11.3. The molecule has 0 spiro atoms. The van der Waals surface area contributed by atoms with E-state index in [2.05, 4.69) is 15.9 Å². The van der Waals surface area contributed by atoms with E-state index in [1.165, 1.54) is 0 Å². The molecule has 0 aromatic heterocycles. The van der Waals surface area contributed by atoms with Crippen LogP contribution in [0.2, 0.25) is 0 Å². The molecule has 4 heteroatoms. The van der Waals surface area contributed by atoms with Gasteiger partial charge in [0.25, 0.3) is 0 Å². The molecule has 1 aromatic carbocycles. The van der Waals surface area contributed by atoms with Crippen LogP contribution in [0.5, 0.6) is 0 Å². The van der Waals surface area contributed by atoms with Gasteiger partial charge in [-0.1, -0.05) is 40.2 Å². The van der Waals surface area contributed by atoms with Crippen LogP contribution in [0, 0.1) is 0 Å². The fourth-order valence-electron chi connectivity index (χ4n) is 1.64. The van der Waals surface area contributed by atoms with Crippen molar-refractivity contribution in [2.75, 3.05) is 11.5 Å². The van der Waals surface area contributed by atoms with E-state index in [9.17, 15) is 8.42 Å². The first-order valence-electron chi connectivity index (χ1n) is 4.73. The van der Waals surface area contributed by atoms with Crippen LogP contribution in [0.4, 0.5) is 0 Å². The topological polar surface area (TPSA) is 34.1 Å². The Kier molecular flexibility index (Phi) is 2.98. The Morgan fingerprint density at radius 3 is 2.53 bits per heavy atom. The quantitative estimate of drug-likeness (QED) is 0.795. The Morgan fingerprint density at radius 1 is 1.20 bits per heavy atom. The molecular weight excluding hydrogens is 276 g/mol. The van der Waals surface area contributed by atoms with Gasteiger partial charge in [-0.05, 0) is 23.6 Å². The summed E-state index contributed by atoms with van der Waals surface area (Å²) in [5.41, 5.74) is 2.23. The van der Waals surface area contributed by atoms with Crippen molar-refractivity contribution in [3.8, 4) is 0 Å². The minimum atomic E-state index is -2.83. The second-order valence-corrected chi connectivity index (χ2v) is 6.66. The lowest BCUT2D eigenvalue weighted by atomic mass is 10.0. The van der Waals surface area contributed by atoms with Gasteiger partial charge in [-0.25, -0.2) is 8.42 Å². The molecule has 0 fully saturated rings. The SMILES string of the molecule is O=S1(=O)CC=C(c2ccccc2Br)CC1. The van der Waals surface area contributed by atoms with Crippen molar-refractivity contribution in [2.45, 2.75) is 6.42 Å². The average molecular weight is 287 g/mol. The number of rotatable bonds is 1. The first kappa shape index (κ1) is 10.9. The monoisotopic (exact) mass is 286 g/mol. The summed E-state index contributed by atoms with van der Waals surface area (Å²) in [6, 6.07) is 7.89. The van der Waals surface area contributed by atoms with Gasteiger partial charge in [0, 0.05) is 4.47 Å². The van der Waals surface area contributed by atoms with Gasteiger partial charge >= 0.3 is 0 Å². The van der Waals surface area contributed by atoms with Crippen LogP contribution >= 0.6 is 15.9 Å². The summed E-state index contributed by atoms with van der Waals surface area (Å²) < 4.78 is 23.5. The first-order valence-corrected chi connectivity index (χ1v) is 7.34. The molecule has 2 rings (SSSR count). The Bertz CT molecular complexity index is 503. The zero-order valence-corrected chi connectivity index (χ0v) is 10.5. The first-order chi connectivity index (χ1) is 7.08. The van der Waals surface area contributed by atoms with Crippen LogP contribution in [-0.2, 0) is 9.84 Å². The molecule has 15 heavy (non-hydrogen) atoms. The van der Waals surface area contributed by atoms with Gasteiger partial charge in [-0.3, -0.25) is 0 Å². The van der Waals surface area contributed by atoms with Crippen molar-refractivity contribution in [1.82, 2.24) is 0 Å². The molecule has 0 saturated carbocycles. The molecule has 0 unspecified atom stereocenters. The summed E-state index contributed by atoms with van der Waals surface area (Å²) in [6.07, 6.45) is 2.43. The van der Waals surface area contributed by atoms with E-state index in [0.717, 1.165) is 15.6 Å².